The maximum Gasteiger partial charge on any atom is 0.225 e. The number of unbranched alkanes of at least 4 members (excludes halogenated alkanes) is 1. The Kier molecular flexibility index (Phi) is 9.04. The highest BCUT2D eigenvalue weighted by molar-refractivity contribution is 6.64. The third-order valence-electron chi connectivity index (χ3n) is 5.87. The Morgan fingerprint density at radius 3 is 2.31 bits per heavy atom. The zero-order chi connectivity index (χ0) is 18.9. The van der Waals surface area contributed by atoms with Crippen molar-refractivity contribution < 1.29 is 13.6 Å². The summed E-state index contributed by atoms with van der Waals surface area (Å²) in [6.45, 7) is 2.26. The molecule has 1 aromatic carbocycles. The van der Waals surface area contributed by atoms with Crippen LogP contribution in [-0.4, -0.2) is 5.24 Å². The van der Waals surface area contributed by atoms with Crippen LogP contribution in [0.3, 0.4) is 0 Å². The van der Waals surface area contributed by atoms with Crippen molar-refractivity contribution in [2.24, 2.45) is 17.8 Å². The molecule has 0 amide bonds. The number of hydrogen-bond donors (Lipinski definition) is 0. The van der Waals surface area contributed by atoms with Gasteiger partial charge in [0.05, 0.1) is 0 Å². The topological polar surface area (TPSA) is 17.1 Å². The fourth-order valence-corrected chi connectivity index (χ4v) is 4.47. The van der Waals surface area contributed by atoms with Crippen molar-refractivity contribution in [3.05, 3.63) is 35.4 Å². The first-order valence-corrected chi connectivity index (χ1v) is 10.5. The fraction of sp³-hybridized carbons (Fsp3) is 0.682. The molecular weight excluding hydrogens is 354 g/mol. The number of hydrogen-bond acceptors (Lipinski definition) is 1. The molecular formula is C22H31ClF2O. The summed E-state index contributed by atoms with van der Waals surface area (Å²) in [5.41, 5.74) is 0.622. The molecule has 2 rings (SSSR count). The average molecular weight is 385 g/mol. The highest BCUT2D eigenvalue weighted by atomic mass is 35.5. The monoisotopic (exact) mass is 384 g/mol. The minimum absolute atomic E-state index is 0.318. The first-order valence-electron chi connectivity index (χ1n) is 10.1. The van der Waals surface area contributed by atoms with Gasteiger partial charge in [-0.15, -0.1) is 0 Å². The predicted molar refractivity (Wildman–Crippen MR) is 103 cm³/mol. The number of carbonyl (C=O) groups is 1. The molecule has 0 spiro atoms. The molecule has 1 atom stereocenters. The Labute approximate surface area is 161 Å². The van der Waals surface area contributed by atoms with Gasteiger partial charge in [-0.1, -0.05) is 70.8 Å². The summed E-state index contributed by atoms with van der Waals surface area (Å²) in [4.78, 5) is 11.7. The lowest BCUT2D eigenvalue weighted by molar-refractivity contribution is -0.115. The van der Waals surface area contributed by atoms with Crippen molar-refractivity contribution in [3.63, 3.8) is 0 Å². The number of carbonyl (C=O) groups excluding carboxylic acids is 1. The van der Waals surface area contributed by atoms with E-state index < -0.39 is 11.6 Å². The van der Waals surface area contributed by atoms with Gasteiger partial charge in [0.2, 0.25) is 5.24 Å². The van der Waals surface area contributed by atoms with Gasteiger partial charge in [0.15, 0.2) is 11.6 Å². The Hall–Kier alpha value is -0.960. The van der Waals surface area contributed by atoms with Crippen LogP contribution in [0.25, 0.3) is 0 Å². The quantitative estimate of drug-likeness (QED) is 0.312. The predicted octanol–water partition coefficient (Wildman–Crippen LogP) is 7.06. The number of halogens is 3. The molecule has 1 nitrogen and oxygen atoms in total. The highest BCUT2D eigenvalue weighted by Gasteiger charge is 2.21. The second kappa shape index (κ2) is 11.0. The molecule has 1 aliphatic carbocycles. The lowest BCUT2D eigenvalue weighted by Gasteiger charge is -2.28. The molecule has 0 bridgehead atoms. The zero-order valence-electron chi connectivity index (χ0n) is 15.8. The summed E-state index contributed by atoms with van der Waals surface area (Å²) >= 11 is 5.73. The van der Waals surface area contributed by atoms with E-state index in [4.69, 9.17) is 11.6 Å². The summed E-state index contributed by atoms with van der Waals surface area (Å²) < 4.78 is 26.3. The van der Waals surface area contributed by atoms with Gasteiger partial charge in [0.1, 0.15) is 0 Å². The molecule has 1 aromatic rings. The second-order valence-electron chi connectivity index (χ2n) is 7.91. The van der Waals surface area contributed by atoms with E-state index in [1.165, 1.54) is 51.0 Å². The van der Waals surface area contributed by atoms with Gasteiger partial charge in [-0.05, 0) is 54.0 Å². The fourth-order valence-electron chi connectivity index (χ4n) is 4.29. The normalized spacial score (nSPS) is 21.5. The third-order valence-corrected chi connectivity index (χ3v) is 6.17. The summed E-state index contributed by atoms with van der Waals surface area (Å²) in [7, 11) is 0. The molecule has 0 saturated heterocycles. The van der Waals surface area contributed by atoms with Gasteiger partial charge < -0.3 is 0 Å². The SMILES string of the molecule is CCCC1CCC(CCCCC(Cc2ccc(F)c(F)c2)C(=O)Cl)CC1. The van der Waals surface area contributed by atoms with Crippen LogP contribution in [0.5, 0.6) is 0 Å². The Bertz CT molecular complexity index is 567. The van der Waals surface area contributed by atoms with Crippen LogP contribution >= 0.6 is 11.6 Å². The Morgan fingerprint density at radius 2 is 1.73 bits per heavy atom. The van der Waals surface area contributed by atoms with Crippen LogP contribution in [-0.2, 0) is 11.2 Å². The van der Waals surface area contributed by atoms with E-state index in [-0.39, 0.29) is 11.2 Å². The Balaban J connectivity index is 1.70. The summed E-state index contributed by atoms with van der Waals surface area (Å²) in [6.07, 6.45) is 12.5. The molecule has 146 valence electrons. The van der Waals surface area contributed by atoms with Crippen molar-refractivity contribution in [1.29, 1.82) is 0 Å². The van der Waals surface area contributed by atoms with Crippen molar-refractivity contribution in [1.82, 2.24) is 0 Å². The van der Waals surface area contributed by atoms with Crippen molar-refractivity contribution in [2.45, 2.75) is 77.6 Å². The first kappa shape index (κ1) is 21.3. The van der Waals surface area contributed by atoms with Crippen LogP contribution < -0.4 is 0 Å². The molecule has 0 aliphatic heterocycles. The highest BCUT2D eigenvalue weighted by Crippen LogP contribution is 2.34. The molecule has 26 heavy (non-hydrogen) atoms. The van der Waals surface area contributed by atoms with Crippen molar-refractivity contribution in [2.75, 3.05) is 0 Å². The van der Waals surface area contributed by atoms with Crippen LogP contribution in [0.1, 0.15) is 76.7 Å². The van der Waals surface area contributed by atoms with E-state index in [1.807, 2.05) is 0 Å². The van der Waals surface area contributed by atoms with Gasteiger partial charge in [-0.25, -0.2) is 8.78 Å². The maximum atomic E-state index is 13.3. The Morgan fingerprint density at radius 1 is 1.08 bits per heavy atom. The zero-order valence-corrected chi connectivity index (χ0v) is 16.5. The first-order chi connectivity index (χ1) is 12.5. The summed E-state index contributed by atoms with van der Waals surface area (Å²) in [6, 6.07) is 3.80. The number of rotatable bonds is 10. The lowest BCUT2D eigenvalue weighted by Crippen LogP contribution is -2.15. The molecule has 1 fully saturated rings. The molecule has 0 N–H and O–H groups in total. The molecule has 0 heterocycles. The summed E-state index contributed by atoms with van der Waals surface area (Å²) in [5, 5.41) is -0.380. The smallest absolute Gasteiger partial charge is 0.225 e. The largest absolute Gasteiger partial charge is 0.281 e. The lowest BCUT2D eigenvalue weighted by atomic mass is 9.78. The van der Waals surface area contributed by atoms with Crippen LogP contribution in [0, 0.1) is 29.4 Å². The van der Waals surface area contributed by atoms with Gasteiger partial charge in [-0.2, -0.15) is 0 Å². The van der Waals surface area contributed by atoms with E-state index in [2.05, 4.69) is 6.92 Å². The van der Waals surface area contributed by atoms with E-state index in [9.17, 15) is 13.6 Å². The van der Waals surface area contributed by atoms with Gasteiger partial charge >= 0.3 is 0 Å². The number of benzene rings is 1. The van der Waals surface area contributed by atoms with Gasteiger partial charge in [0.25, 0.3) is 0 Å². The minimum Gasteiger partial charge on any atom is -0.281 e. The maximum absolute atomic E-state index is 13.3. The molecule has 4 heteroatoms. The van der Waals surface area contributed by atoms with Crippen molar-refractivity contribution in [3.8, 4) is 0 Å². The second-order valence-corrected chi connectivity index (χ2v) is 8.29. The van der Waals surface area contributed by atoms with Gasteiger partial charge in [0, 0.05) is 5.92 Å². The third kappa shape index (κ3) is 6.98. The van der Waals surface area contributed by atoms with E-state index in [0.29, 0.717) is 18.4 Å². The summed E-state index contributed by atoms with van der Waals surface area (Å²) in [5.74, 6) is -0.287. The molecule has 1 unspecified atom stereocenters. The molecule has 1 aliphatic rings. The molecule has 0 aromatic heterocycles. The van der Waals surface area contributed by atoms with E-state index >= 15 is 0 Å². The standard InChI is InChI=1S/C22H31ClF2O/c1-2-5-16-8-10-17(11-9-16)6-3-4-7-19(22(23)26)14-18-12-13-20(24)21(25)15-18/h12-13,15-17,19H,2-11,14H2,1H3. The van der Waals surface area contributed by atoms with Crippen molar-refractivity contribution >= 4 is 16.8 Å². The molecule has 0 radical (unpaired) electrons. The van der Waals surface area contributed by atoms with Crippen LogP contribution in [0.4, 0.5) is 8.78 Å². The van der Waals surface area contributed by atoms with Crippen LogP contribution in [0.2, 0.25) is 0 Å². The van der Waals surface area contributed by atoms with Crippen LogP contribution in [0.15, 0.2) is 18.2 Å². The average Bonchev–Trinajstić information content (AvgIpc) is 2.62. The molecule has 1 saturated carbocycles. The minimum atomic E-state index is -0.873. The van der Waals surface area contributed by atoms with E-state index in [1.54, 1.807) is 0 Å². The van der Waals surface area contributed by atoms with Gasteiger partial charge in [-0.3, -0.25) is 4.79 Å². The van der Waals surface area contributed by atoms with E-state index in [0.717, 1.165) is 36.8 Å².